The topological polar surface area (TPSA) is 58.4 Å². The minimum absolute atomic E-state index is 0.112. The van der Waals surface area contributed by atoms with Gasteiger partial charge in [-0.25, -0.2) is 4.98 Å². The van der Waals surface area contributed by atoms with Crippen LogP contribution in [0, 0.1) is 0 Å². The lowest BCUT2D eigenvalue weighted by Crippen LogP contribution is -2.18. The number of benzene rings is 2. The number of carbonyl (C=O) groups excluding carboxylic acids is 1. The van der Waals surface area contributed by atoms with Crippen molar-refractivity contribution in [1.82, 2.24) is 14.5 Å². The van der Waals surface area contributed by atoms with Crippen molar-refractivity contribution in [2.24, 2.45) is 0 Å². The van der Waals surface area contributed by atoms with Crippen LogP contribution in [0.4, 0.5) is 13.2 Å². The Labute approximate surface area is 166 Å². The molecule has 0 bridgehead atoms. The molecule has 1 aromatic heterocycles. The minimum atomic E-state index is -4.59. The molecule has 3 aromatic rings. The molecule has 0 amide bonds. The number of hydrogen-bond acceptors (Lipinski definition) is 4. The average Bonchev–Trinajstić information content (AvgIpc) is 3.08. The van der Waals surface area contributed by atoms with Crippen molar-refractivity contribution in [2.45, 2.75) is 19.3 Å². The number of aliphatic hydroxyl groups is 1. The first-order valence-electron chi connectivity index (χ1n) is 8.85. The number of rotatable bonds is 6. The van der Waals surface area contributed by atoms with Gasteiger partial charge in [-0.05, 0) is 32.3 Å². The summed E-state index contributed by atoms with van der Waals surface area (Å²) in [4.78, 5) is 19.2. The monoisotopic (exact) mass is 403 g/mol. The molecule has 1 N–H and O–H groups in total. The Kier molecular flexibility index (Phi) is 5.86. The van der Waals surface area contributed by atoms with Gasteiger partial charge in [0.05, 0.1) is 36.3 Å². The van der Waals surface area contributed by atoms with E-state index in [1.807, 2.05) is 19.0 Å². The molecular weight excluding hydrogens is 383 g/mol. The lowest BCUT2D eigenvalue weighted by molar-refractivity contribution is -0.137. The molecule has 5 nitrogen and oxygen atoms in total. The van der Waals surface area contributed by atoms with Crippen molar-refractivity contribution in [1.29, 1.82) is 0 Å². The van der Waals surface area contributed by atoms with Crippen LogP contribution in [-0.4, -0.2) is 39.4 Å². The van der Waals surface area contributed by atoms with Gasteiger partial charge >= 0.3 is 6.18 Å². The van der Waals surface area contributed by atoms with E-state index >= 15 is 0 Å². The van der Waals surface area contributed by atoms with E-state index < -0.39 is 17.5 Å². The van der Waals surface area contributed by atoms with Gasteiger partial charge in [0.15, 0.2) is 5.78 Å². The van der Waals surface area contributed by atoms with E-state index in [-0.39, 0.29) is 23.4 Å². The Balaban J connectivity index is 2.25. The number of hydrogen-bond donors (Lipinski definition) is 1. The predicted octanol–water partition coefficient (Wildman–Crippen LogP) is 3.68. The summed E-state index contributed by atoms with van der Waals surface area (Å²) in [5, 5.41) is 9.72. The van der Waals surface area contributed by atoms with E-state index in [1.54, 1.807) is 30.3 Å². The molecule has 0 aliphatic carbocycles. The van der Waals surface area contributed by atoms with Gasteiger partial charge in [0.25, 0.3) is 0 Å². The average molecular weight is 403 g/mol. The van der Waals surface area contributed by atoms with Crippen LogP contribution in [0.3, 0.4) is 0 Å². The summed E-state index contributed by atoms with van der Waals surface area (Å²) < 4.78 is 41.5. The predicted molar refractivity (Wildman–Crippen MR) is 102 cm³/mol. The summed E-state index contributed by atoms with van der Waals surface area (Å²) in [6.45, 7) is 0.000405. The zero-order valence-corrected chi connectivity index (χ0v) is 15.9. The highest BCUT2D eigenvalue weighted by atomic mass is 19.4. The fourth-order valence-corrected chi connectivity index (χ4v) is 3.06. The third-order valence-electron chi connectivity index (χ3n) is 4.37. The Morgan fingerprint density at radius 1 is 1.14 bits per heavy atom. The maximum atomic E-state index is 13.3. The quantitative estimate of drug-likeness (QED) is 0.638. The molecule has 0 saturated heterocycles. The largest absolute Gasteiger partial charge is 0.416 e. The maximum absolute atomic E-state index is 13.3. The van der Waals surface area contributed by atoms with Gasteiger partial charge in [-0.3, -0.25) is 9.36 Å². The molecule has 8 heteroatoms. The van der Waals surface area contributed by atoms with Crippen molar-refractivity contribution in [3.8, 4) is 5.69 Å². The fourth-order valence-electron chi connectivity index (χ4n) is 3.06. The van der Waals surface area contributed by atoms with Crippen molar-refractivity contribution in [2.75, 3.05) is 14.1 Å². The number of carbonyl (C=O) groups is 1. The molecule has 0 spiro atoms. The van der Waals surface area contributed by atoms with Crippen LogP contribution in [0.2, 0.25) is 0 Å². The molecule has 0 aliphatic rings. The number of halogens is 3. The summed E-state index contributed by atoms with van der Waals surface area (Å²) in [7, 11) is 3.64. The van der Waals surface area contributed by atoms with Gasteiger partial charge in [0.1, 0.15) is 5.82 Å². The Morgan fingerprint density at radius 2 is 1.83 bits per heavy atom. The van der Waals surface area contributed by atoms with Crippen LogP contribution >= 0.6 is 0 Å². The van der Waals surface area contributed by atoms with Crippen molar-refractivity contribution < 1.29 is 23.1 Å². The third-order valence-corrected chi connectivity index (χ3v) is 4.37. The second-order valence-corrected chi connectivity index (χ2v) is 6.82. The first-order chi connectivity index (χ1) is 13.7. The normalized spacial score (nSPS) is 11.8. The summed E-state index contributed by atoms with van der Waals surface area (Å²) in [5.41, 5.74) is -0.138. The van der Waals surface area contributed by atoms with E-state index in [1.165, 1.54) is 16.8 Å². The van der Waals surface area contributed by atoms with Crippen LogP contribution in [0.1, 0.15) is 33.0 Å². The highest BCUT2D eigenvalue weighted by Gasteiger charge is 2.32. The van der Waals surface area contributed by atoms with Crippen LogP contribution < -0.4 is 0 Å². The first-order valence-corrected chi connectivity index (χ1v) is 8.85. The first kappa shape index (κ1) is 20.8. The molecule has 0 aliphatic heterocycles. The van der Waals surface area contributed by atoms with Gasteiger partial charge in [0.2, 0.25) is 0 Å². The number of aliphatic hydroxyl groups excluding tert-OH is 1. The number of imidazole rings is 1. The summed E-state index contributed by atoms with van der Waals surface area (Å²) in [5.74, 6) is -0.0407. The van der Waals surface area contributed by atoms with Crippen LogP contribution in [0.5, 0.6) is 0 Å². The van der Waals surface area contributed by atoms with Gasteiger partial charge in [-0.15, -0.1) is 0 Å². The number of nitrogens with zero attached hydrogens (tertiary/aromatic N) is 3. The smallest absolute Gasteiger partial charge is 0.390 e. The van der Waals surface area contributed by atoms with Crippen LogP contribution in [0.25, 0.3) is 5.69 Å². The molecule has 29 heavy (non-hydrogen) atoms. The molecular formula is C21H20F3N3O2. The second kappa shape index (κ2) is 8.18. The molecule has 0 unspecified atom stereocenters. The van der Waals surface area contributed by atoms with E-state index in [9.17, 15) is 23.1 Å². The Bertz CT molecular complexity index is 1010. The Hall–Kier alpha value is -2.97. The Morgan fingerprint density at radius 3 is 2.41 bits per heavy atom. The highest BCUT2D eigenvalue weighted by molar-refractivity contribution is 6.11. The van der Waals surface area contributed by atoms with Crippen LogP contribution in [-0.2, 0) is 19.3 Å². The zero-order valence-electron chi connectivity index (χ0n) is 15.9. The standard InChI is InChI=1S/C21H20F3N3O2/c1-26(2)12-19-25-11-16(13-28)27(19)18-9-8-15(21(22,23)24)10-17(18)20(29)14-6-4-3-5-7-14/h3-11,28H,12-13H2,1-2H3. The number of ketones is 1. The molecule has 1 heterocycles. The summed E-state index contributed by atoms with van der Waals surface area (Å²) >= 11 is 0. The minimum Gasteiger partial charge on any atom is -0.390 e. The molecule has 152 valence electrons. The highest BCUT2D eigenvalue weighted by Crippen LogP contribution is 2.33. The molecule has 3 rings (SSSR count). The fraction of sp³-hybridized carbons (Fsp3) is 0.238. The van der Waals surface area contributed by atoms with Crippen molar-refractivity contribution in [3.05, 3.63) is 82.9 Å². The lowest BCUT2D eigenvalue weighted by atomic mass is 9.98. The molecule has 0 fully saturated rings. The number of aromatic nitrogens is 2. The summed E-state index contributed by atoms with van der Waals surface area (Å²) in [6.07, 6.45) is -3.14. The summed E-state index contributed by atoms with van der Waals surface area (Å²) in [6, 6.07) is 11.1. The number of alkyl halides is 3. The van der Waals surface area contributed by atoms with Crippen molar-refractivity contribution in [3.63, 3.8) is 0 Å². The van der Waals surface area contributed by atoms with E-state index in [0.29, 0.717) is 18.1 Å². The third kappa shape index (κ3) is 4.38. The van der Waals surface area contributed by atoms with E-state index in [2.05, 4.69) is 4.98 Å². The van der Waals surface area contributed by atoms with Crippen molar-refractivity contribution >= 4 is 5.78 Å². The second-order valence-electron chi connectivity index (χ2n) is 6.82. The van der Waals surface area contributed by atoms with E-state index in [4.69, 9.17) is 0 Å². The van der Waals surface area contributed by atoms with Gasteiger partial charge < -0.3 is 10.0 Å². The van der Waals surface area contributed by atoms with Gasteiger partial charge in [-0.1, -0.05) is 30.3 Å². The maximum Gasteiger partial charge on any atom is 0.416 e. The molecule has 2 aromatic carbocycles. The SMILES string of the molecule is CN(C)Cc1ncc(CO)n1-c1ccc(C(F)(F)F)cc1C(=O)c1ccccc1. The zero-order chi connectivity index (χ0) is 21.2. The molecule has 0 atom stereocenters. The van der Waals surface area contributed by atoms with E-state index in [0.717, 1.165) is 12.1 Å². The molecule has 0 radical (unpaired) electrons. The van der Waals surface area contributed by atoms with Crippen LogP contribution in [0.15, 0.2) is 54.7 Å². The lowest BCUT2D eigenvalue weighted by Gasteiger charge is -2.18. The van der Waals surface area contributed by atoms with Gasteiger partial charge in [-0.2, -0.15) is 13.2 Å². The molecule has 0 saturated carbocycles. The van der Waals surface area contributed by atoms with Gasteiger partial charge in [0, 0.05) is 11.1 Å².